The molecule has 0 fully saturated rings. The minimum Gasteiger partial charge on any atom is -0.480 e. The topological polar surface area (TPSA) is 141 Å². The van der Waals surface area contributed by atoms with Crippen LogP contribution in [0.5, 0.6) is 0 Å². The Balaban J connectivity index is 1.75. The molecule has 0 saturated carbocycles. The summed E-state index contributed by atoms with van der Waals surface area (Å²) in [6.07, 6.45) is -2.54. The number of carbonyl (C=O) groups is 3. The minimum absolute atomic E-state index is 0.119. The second kappa shape index (κ2) is 15.5. The number of carboxylic acids is 1. The lowest BCUT2D eigenvalue weighted by Gasteiger charge is -2.20. The number of nitrogens with one attached hydrogen (secondary N) is 2. The van der Waals surface area contributed by atoms with Crippen molar-refractivity contribution in [1.29, 1.82) is 0 Å². The van der Waals surface area contributed by atoms with Gasteiger partial charge in [0, 0.05) is 23.5 Å². The van der Waals surface area contributed by atoms with E-state index in [1.54, 1.807) is 24.3 Å². The van der Waals surface area contributed by atoms with Crippen LogP contribution < -0.4 is 10.6 Å². The largest absolute Gasteiger partial charge is 0.480 e. The molecule has 0 unspecified atom stereocenters. The molecule has 0 aliphatic carbocycles. The van der Waals surface area contributed by atoms with E-state index < -0.39 is 35.9 Å². The number of carbonyl (C=O) groups excluding carboxylic acids is 2. The van der Waals surface area contributed by atoms with Crippen molar-refractivity contribution < 1.29 is 34.1 Å². The fourth-order valence-electron chi connectivity index (χ4n) is 5.58. The molecule has 0 aliphatic heterocycles. The molecule has 10 heteroatoms. The van der Waals surface area contributed by atoms with Crippen LogP contribution in [0.25, 0.3) is 22.4 Å². The number of aliphatic hydroxyl groups excluding tert-OH is 2. The van der Waals surface area contributed by atoms with Crippen LogP contribution in [0.3, 0.4) is 0 Å². The van der Waals surface area contributed by atoms with Gasteiger partial charge in [0.15, 0.2) is 0 Å². The molecule has 0 radical (unpaired) electrons. The van der Waals surface area contributed by atoms with Crippen molar-refractivity contribution in [3.8, 4) is 22.4 Å². The summed E-state index contributed by atoms with van der Waals surface area (Å²) in [4.78, 5) is 37.3. The summed E-state index contributed by atoms with van der Waals surface area (Å²) in [6, 6.07) is 23.5. The number of carboxylic acid groups (broad SMARTS) is 1. The van der Waals surface area contributed by atoms with E-state index in [9.17, 15) is 29.0 Å². The van der Waals surface area contributed by atoms with Crippen LogP contribution in [0.15, 0.2) is 84.9 Å². The quantitative estimate of drug-likeness (QED) is 0.119. The average molecular weight is 630 g/mol. The number of halogens is 1. The summed E-state index contributed by atoms with van der Waals surface area (Å²) in [6.45, 7) is 5.52. The van der Waals surface area contributed by atoms with E-state index in [0.717, 1.165) is 11.3 Å². The van der Waals surface area contributed by atoms with Crippen LogP contribution in [0.2, 0.25) is 0 Å². The van der Waals surface area contributed by atoms with Crippen LogP contribution in [0.4, 0.5) is 10.1 Å². The van der Waals surface area contributed by atoms with Crippen LogP contribution in [0, 0.1) is 5.82 Å². The summed E-state index contributed by atoms with van der Waals surface area (Å²) in [7, 11) is 0. The van der Waals surface area contributed by atoms with E-state index in [1.165, 1.54) is 19.1 Å². The molecule has 3 aromatic carbocycles. The molecule has 0 spiro atoms. The SMILES string of the molecule is CC(C)c1c(C(=O)Nc2ccccc2)c(-c2ccccc2)c(-c2ccc(F)cc2)n1CC[C@@H](O)C[C@@H](O)CC(=O)N[C@H](C)C(=O)O. The van der Waals surface area contributed by atoms with Crippen LogP contribution in [-0.2, 0) is 16.1 Å². The van der Waals surface area contributed by atoms with E-state index in [-0.39, 0.29) is 37.6 Å². The highest BCUT2D eigenvalue weighted by Crippen LogP contribution is 2.42. The minimum atomic E-state index is -1.20. The zero-order chi connectivity index (χ0) is 33.4. The molecule has 4 rings (SSSR count). The summed E-state index contributed by atoms with van der Waals surface area (Å²) in [5, 5.41) is 35.8. The zero-order valence-corrected chi connectivity index (χ0v) is 26.1. The number of aliphatic hydroxyl groups is 2. The number of hydrogen-bond donors (Lipinski definition) is 5. The second-order valence-corrected chi connectivity index (χ2v) is 11.6. The second-order valence-electron chi connectivity index (χ2n) is 11.6. The highest BCUT2D eigenvalue weighted by atomic mass is 19.1. The molecule has 1 aromatic heterocycles. The molecule has 3 atom stereocenters. The summed E-state index contributed by atoms with van der Waals surface area (Å²) in [5.41, 5.74) is 4.64. The molecule has 242 valence electrons. The molecule has 2 amide bonds. The third-order valence-electron chi connectivity index (χ3n) is 7.69. The van der Waals surface area contributed by atoms with Gasteiger partial charge in [-0.05, 0) is 73.2 Å². The third kappa shape index (κ3) is 8.47. The summed E-state index contributed by atoms with van der Waals surface area (Å²) < 4.78 is 16.1. The first kappa shape index (κ1) is 34.1. The Kier molecular flexibility index (Phi) is 11.5. The average Bonchev–Trinajstić information content (AvgIpc) is 3.36. The van der Waals surface area contributed by atoms with Crippen LogP contribution in [0.1, 0.15) is 62.0 Å². The number of rotatable bonds is 14. The number of aliphatic carboxylic acids is 1. The Hall–Kier alpha value is -4.80. The fourth-order valence-corrected chi connectivity index (χ4v) is 5.58. The normalized spacial score (nSPS) is 13.2. The number of aromatic nitrogens is 1. The highest BCUT2D eigenvalue weighted by molar-refractivity contribution is 6.12. The fraction of sp³-hybridized carbons (Fsp3) is 0.306. The number of nitrogens with zero attached hydrogens (tertiary/aromatic N) is 1. The Morgan fingerprint density at radius 1 is 0.826 bits per heavy atom. The maximum Gasteiger partial charge on any atom is 0.325 e. The van der Waals surface area contributed by atoms with Gasteiger partial charge < -0.3 is 30.5 Å². The number of amides is 2. The lowest BCUT2D eigenvalue weighted by atomic mass is 9.94. The molecule has 1 heterocycles. The van der Waals surface area contributed by atoms with Crippen molar-refractivity contribution in [2.45, 2.75) is 70.7 Å². The number of para-hydroxylation sites is 1. The molecule has 0 bridgehead atoms. The third-order valence-corrected chi connectivity index (χ3v) is 7.69. The molecule has 46 heavy (non-hydrogen) atoms. The summed E-state index contributed by atoms with van der Waals surface area (Å²) >= 11 is 0. The van der Waals surface area contributed by atoms with Crippen molar-refractivity contribution in [2.24, 2.45) is 0 Å². The number of hydrogen-bond acceptors (Lipinski definition) is 5. The van der Waals surface area contributed by atoms with Crippen molar-refractivity contribution >= 4 is 23.5 Å². The molecular formula is C36H40FN3O6. The van der Waals surface area contributed by atoms with Gasteiger partial charge in [-0.1, -0.05) is 62.4 Å². The van der Waals surface area contributed by atoms with Gasteiger partial charge in [0.05, 0.1) is 29.9 Å². The van der Waals surface area contributed by atoms with Gasteiger partial charge >= 0.3 is 5.97 Å². The first-order valence-electron chi connectivity index (χ1n) is 15.3. The summed E-state index contributed by atoms with van der Waals surface area (Å²) in [5.74, 6) is -2.69. The predicted molar refractivity (Wildman–Crippen MR) is 175 cm³/mol. The van der Waals surface area contributed by atoms with Gasteiger partial charge in [-0.3, -0.25) is 14.4 Å². The Morgan fingerprint density at radius 3 is 2.02 bits per heavy atom. The Bertz CT molecular complexity index is 1640. The molecule has 0 saturated heterocycles. The van der Waals surface area contributed by atoms with E-state index >= 15 is 0 Å². The lowest BCUT2D eigenvalue weighted by molar-refractivity contribution is -0.141. The maximum absolute atomic E-state index is 14.1. The Labute approximate surface area is 267 Å². The first-order chi connectivity index (χ1) is 22.0. The van der Waals surface area contributed by atoms with Gasteiger partial charge in [-0.25, -0.2) is 4.39 Å². The molecule has 0 aliphatic rings. The highest BCUT2D eigenvalue weighted by Gasteiger charge is 2.31. The number of anilines is 1. The Morgan fingerprint density at radius 2 is 1.43 bits per heavy atom. The monoisotopic (exact) mass is 629 g/mol. The van der Waals surface area contributed by atoms with Gasteiger partial charge in [-0.15, -0.1) is 0 Å². The molecule has 9 nitrogen and oxygen atoms in total. The van der Waals surface area contributed by atoms with Gasteiger partial charge in [0.1, 0.15) is 11.9 Å². The van der Waals surface area contributed by atoms with E-state index in [0.29, 0.717) is 28.1 Å². The predicted octanol–water partition coefficient (Wildman–Crippen LogP) is 5.82. The number of benzene rings is 3. The van der Waals surface area contributed by atoms with Crippen LogP contribution >= 0.6 is 0 Å². The first-order valence-corrected chi connectivity index (χ1v) is 15.3. The standard InChI is InChI=1S/C36H40FN3O6/c1-22(2)33-32(35(44)39-27-12-8-5-9-13-27)31(24-10-6-4-7-11-24)34(25-14-16-26(37)17-15-25)40(33)19-18-28(41)20-29(42)21-30(43)38-23(3)36(45)46/h4-17,22-23,28-29,41-42H,18-21H2,1-3H3,(H,38,43)(H,39,44)(H,45,46)/t23-,28-,29-/m1/s1. The van der Waals surface area contributed by atoms with Gasteiger partial charge in [0.2, 0.25) is 5.91 Å². The van der Waals surface area contributed by atoms with Crippen molar-refractivity contribution in [1.82, 2.24) is 9.88 Å². The zero-order valence-electron chi connectivity index (χ0n) is 26.1. The van der Waals surface area contributed by atoms with Gasteiger partial charge in [0.25, 0.3) is 5.91 Å². The molecular weight excluding hydrogens is 589 g/mol. The van der Waals surface area contributed by atoms with Crippen LogP contribution in [-0.4, -0.2) is 55.9 Å². The molecule has 4 aromatic rings. The van der Waals surface area contributed by atoms with E-state index in [1.807, 2.05) is 66.9 Å². The van der Waals surface area contributed by atoms with Crippen molar-refractivity contribution in [3.63, 3.8) is 0 Å². The van der Waals surface area contributed by atoms with Gasteiger partial charge in [-0.2, -0.15) is 0 Å². The van der Waals surface area contributed by atoms with E-state index in [2.05, 4.69) is 10.6 Å². The lowest BCUT2D eigenvalue weighted by Crippen LogP contribution is -2.40. The smallest absolute Gasteiger partial charge is 0.325 e. The molecule has 5 N–H and O–H groups in total. The van der Waals surface area contributed by atoms with Crippen molar-refractivity contribution in [3.05, 3.63) is 102 Å². The van der Waals surface area contributed by atoms with Crippen molar-refractivity contribution in [2.75, 3.05) is 5.32 Å². The maximum atomic E-state index is 14.1. The van der Waals surface area contributed by atoms with E-state index in [4.69, 9.17) is 5.11 Å².